The summed E-state index contributed by atoms with van der Waals surface area (Å²) in [6, 6.07) is 12.6. The molecule has 2 rings (SSSR count). The largest absolute Gasteiger partial charge is 0.370 e. The van der Waals surface area contributed by atoms with Crippen molar-refractivity contribution in [3.63, 3.8) is 0 Å². The first-order valence-corrected chi connectivity index (χ1v) is 9.54. The average molecular weight is 535 g/mol. The summed E-state index contributed by atoms with van der Waals surface area (Å²) in [5.74, 6) is 0.217. The number of rotatable bonds is 7. The Morgan fingerprint density at radius 2 is 1.96 bits per heavy atom. The molecule has 28 heavy (non-hydrogen) atoms. The van der Waals surface area contributed by atoms with Gasteiger partial charge in [-0.1, -0.05) is 48.3 Å². The highest BCUT2D eigenvalue weighted by atomic mass is 127. The highest BCUT2D eigenvalue weighted by Gasteiger charge is 2.11. The first kappa shape index (κ1) is 24.5. The zero-order valence-electron chi connectivity index (χ0n) is 15.8. The van der Waals surface area contributed by atoms with Crippen molar-refractivity contribution in [2.24, 2.45) is 10.7 Å². The Labute approximate surface area is 193 Å². The van der Waals surface area contributed by atoms with Crippen molar-refractivity contribution < 1.29 is 4.79 Å². The summed E-state index contributed by atoms with van der Waals surface area (Å²) in [6.45, 7) is 4.98. The maximum Gasteiger partial charge on any atom is 0.251 e. The second-order valence-corrected chi connectivity index (χ2v) is 7.03. The number of amides is 1. The molecule has 0 saturated carbocycles. The predicted octanol–water partition coefficient (Wildman–Crippen LogP) is 4.92. The Bertz CT molecular complexity index is 830. The summed E-state index contributed by atoms with van der Waals surface area (Å²) in [6.07, 6.45) is 0.897. The summed E-state index contributed by atoms with van der Waals surface area (Å²) in [5, 5.41) is 7.13. The quantitative estimate of drug-likeness (QED) is 0.268. The van der Waals surface area contributed by atoms with Gasteiger partial charge >= 0.3 is 0 Å². The number of halogens is 3. The van der Waals surface area contributed by atoms with Gasteiger partial charge in [0.15, 0.2) is 5.96 Å². The number of guanidine groups is 1. The molecule has 0 saturated heterocycles. The zero-order valence-corrected chi connectivity index (χ0v) is 19.7. The zero-order chi connectivity index (χ0) is 19.8. The van der Waals surface area contributed by atoms with Gasteiger partial charge in [-0.2, -0.15) is 0 Å². The van der Waals surface area contributed by atoms with E-state index in [9.17, 15) is 4.79 Å². The Morgan fingerprint density at radius 3 is 2.64 bits per heavy atom. The van der Waals surface area contributed by atoms with Crippen LogP contribution in [0.25, 0.3) is 0 Å². The van der Waals surface area contributed by atoms with Gasteiger partial charge < -0.3 is 16.4 Å². The molecule has 0 fully saturated rings. The van der Waals surface area contributed by atoms with Crippen molar-refractivity contribution in [1.29, 1.82) is 0 Å². The van der Waals surface area contributed by atoms with Gasteiger partial charge in [-0.05, 0) is 48.7 Å². The van der Waals surface area contributed by atoms with E-state index in [0.29, 0.717) is 34.7 Å². The molecule has 5 nitrogen and oxygen atoms in total. The topological polar surface area (TPSA) is 79.5 Å². The Kier molecular flexibility index (Phi) is 10.6. The van der Waals surface area contributed by atoms with Crippen LogP contribution >= 0.6 is 47.2 Å². The fourth-order valence-corrected chi connectivity index (χ4v) is 3.10. The van der Waals surface area contributed by atoms with Crippen molar-refractivity contribution in [1.82, 2.24) is 10.6 Å². The Hall–Kier alpha value is -1.51. The van der Waals surface area contributed by atoms with Gasteiger partial charge in [0, 0.05) is 22.2 Å². The smallest absolute Gasteiger partial charge is 0.251 e. The molecule has 0 spiro atoms. The van der Waals surface area contributed by atoms with Crippen molar-refractivity contribution in [3.05, 3.63) is 69.2 Å². The number of hydrogen-bond acceptors (Lipinski definition) is 2. The summed E-state index contributed by atoms with van der Waals surface area (Å²) in [4.78, 5) is 16.4. The van der Waals surface area contributed by atoms with Crippen LogP contribution in [0.15, 0.2) is 47.5 Å². The van der Waals surface area contributed by atoms with Crippen molar-refractivity contribution in [2.45, 2.75) is 32.9 Å². The van der Waals surface area contributed by atoms with Crippen molar-refractivity contribution in [2.75, 3.05) is 6.54 Å². The number of nitrogens with zero attached hydrogens (tertiary/aromatic N) is 1. The maximum atomic E-state index is 12.0. The third kappa shape index (κ3) is 7.48. The normalized spacial score (nSPS) is 12.1. The molecule has 0 heterocycles. The molecular weight excluding hydrogens is 510 g/mol. The molecule has 4 N–H and O–H groups in total. The first-order valence-electron chi connectivity index (χ1n) is 8.79. The van der Waals surface area contributed by atoms with E-state index in [4.69, 9.17) is 28.9 Å². The van der Waals surface area contributed by atoms with E-state index in [1.807, 2.05) is 38.1 Å². The van der Waals surface area contributed by atoms with Crippen LogP contribution in [0.5, 0.6) is 0 Å². The number of carbonyl (C=O) groups is 1. The van der Waals surface area contributed by atoms with Crippen LogP contribution in [0.3, 0.4) is 0 Å². The van der Waals surface area contributed by atoms with Crippen molar-refractivity contribution >= 4 is 59.0 Å². The number of nitrogens with two attached hydrogens (primary N) is 1. The Morgan fingerprint density at radius 1 is 1.21 bits per heavy atom. The Balaban J connectivity index is 0.00000392. The molecule has 0 aliphatic carbocycles. The monoisotopic (exact) mass is 534 g/mol. The molecular formula is C20H25Cl2IN4O. The lowest BCUT2D eigenvalue weighted by Gasteiger charge is -2.16. The second kappa shape index (κ2) is 12.1. The van der Waals surface area contributed by atoms with Gasteiger partial charge in [0.05, 0.1) is 12.6 Å². The van der Waals surface area contributed by atoms with E-state index in [1.165, 1.54) is 0 Å². The van der Waals surface area contributed by atoms with Gasteiger partial charge in [-0.15, -0.1) is 24.0 Å². The fourth-order valence-electron chi connectivity index (χ4n) is 2.53. The van der Waals surface area contributed by atoms with Gasteiger partial charge in [0.1, 0.15) is 0 Å². The van der Waals surface area contributed by atoms with Crippen LogP contribution in [0, 0.1) is 0 Å². The fraction of sp³-hybridized carbons (Fsp3) is 0.300. The molecule has 1 atom stereocenters. The molecule has 1 amide bonds. The minimum absolute atomic E-state index is 0. The van der Waals surface area contributed by atoms with Crippen molar-refractivity contribution in [3.8, 4) is 0 Å². The van der Waals surface area contributed by atoms with Crippen LogP contribution in [0.1, 0.15) is 47.8 Å². The van der Waals surface area contributed by atoms with E-state index in [-0.39, 0.29) is 35.9 Å². The van der Waals surface area contributed by atoms with Crippen LogP contribution in [-0.2, 0) is 6.54 Å². The third-order valence-electron chi connectivity index (χ3n) is 3.95. The lowest BCUT2D eigenvalue weighted by molar-refractivity contribution is 0.0953. The number of hydrogen-bond donors (Lipinski definition) is 3. The lowest BCUT2D eigenvalue weighted by Crippen LogP contribution is -2.34. The number of carbonyl (C=O) groups excluding carboxylic acids is 1. The maximum absolute atomic E-state index is 12.0. The van der Waals surface area contributed by atoms with Gasteiger partial charge in [-0.25, -0.2) is 4.99 Å². The minimum atomic E-state index is -0.121. The van der Waals surface area contributed by atoms with E-state index in [0.717, 1.165) is 17.5 Å². The summed E-state index contributed by atoms with van der Waals surface area (Å²) in [5.41, 5.74) is 8.40. The number of aliphatic imine (C=N–C) groups is 1. The molecule has 2 aromatic carbocycles. The summed E-state index contributed by atoms with van der Waals surface area (Å²) in [7, 11) is 0. The van der Waals surface area contributed by atoms with Crippen LogP contribution in [-0.4, -0.2) is 18.4 Å². The highest BCUT2D eigenvalue weighted by Crippen LogP contribution is 2.25. The summed E-state index contributed by atoms with van der Waals surface area (Å²) >= 11 is 12.1. The second-order valence-electron chi connectivity index (χ2n) is 6.19. The molecule has 0 bridgehead atoms. The number of benzene rings is 2. The van der Waals surface area contributed by atoms with Gasteiger partial charge in [0.2, 0.25) is 0 Å². The number of nitrogens with one attached hydrogen (secondary N) is 2. The molecule has 2 aromatic rings. The molecule has 0 aliphatic heterocycles. The average Bonchev–Trinajstić information content (AvgIpc) is 2.64. The molecule has 0 aromatic heterocycles. The SMILES string of the molecule is CCCNC(=O)c1cccc(CN=C(N)NC(C)c2ccc(Cl)cc2Cl)c1.I. The van der Waals surface area contributed by atoms with Crippen LogP contribution in [0.2, 0.25) is 10.0 Å². The molecule has 0 aliphatic rings. The van der Waals surface area contributed by atoms with Crippen LogP contribution in [0.4, 0.5) is 0 Å². The van der Waals surface area contributed by atoms with E-state index in [2.05, 4.69) is 15.6 Å². The van der Waals surface area contributed by atoms with Gasteiger partial charge in [0.25, 0.3) is 5.91 Å². The predicted molar refractivity (Wildman–Crippen MR) is 128 cm³/mol. The lowest BCUT2D eigenvalue weighted by atomic mass is 10.1. The van der Waals surface area contributed by atoms with E-state index < -0.39 is 0 Å². The van der Waals surface area contributed by atoms with Gasteiger partial charge in [-0.3, -0.25) is 4.79 Å². The minimum Gasteiger partial charge on any atom is -0.370 e. The first-order chi connectivity index (χ1) is 12.9. The van der Waals surface area contributed by atoms with E-state index >= 15 is 0 Å². The molecule has 8 heteroatoms. The molecule has 0 radical (unpaired) electrons. The molecule has 1 unspecified atom stereocenters. The summed E-state index contributed by atoms with van der Waals surface area (Å²) < 4.78 is 0. The third-order valence-corrected chi connectivity index (χ3v) is 4.51. The van der Waals surface area contributed by atoms with E-state index in [1.54, 1.807) is 18.2 Å². The highest BCUT2D eigenvalue weighted by molar-refractivity contribution is 14.0. The van der Waals surface area contributed by atoms with Crippen LogP contribution < -0.4 is 16.4 Å². The molecule has 152 valence electrons. The standard InChI is InChI=1S/C20H24Cl2N4O.HI/c1-3-9-24-19(27)15-6-4-5-14(10-15)12-25-20(23)26-13(2)17-8-7-16(21)11-18(17)22;/h4-8,10-11,13H,3,9,12H2,1-2H3,(H,24,27)(H3,23,25,26);1H.